The van der Waals surface area contributed by atoms with Crippen molar-refractivity contribution in [2.45, 2.75) is 0 Å². The van der Waals surface area contributed by atoms with Crippen molar-refractivity contribution < 1.29 is 10.0 Å². The Morgan fingerprint density at radius 1 is 1.36 bits per heavy atom. The third-order valence-electron chi connectivity index (χ3n) is 2.12. The molecule has 0 spiro atoms. The first-order chi connectivity index (χ1) is 6.72. The molecule has 4 nitrogen and oxygen atoms in total. The van der Waals surface area contributed by atoms with E-state index in [0.717, 1.165) is 5.52 Å². The summed E-state index contributed by atoms with van der Waals surface area (Å²) >= 11 is 0. The molecule has 0 aliphatic carbocycles. The molecule has 1 heterocycles. The quantitative estimate of drug-likeness (QED) is 0.535. The van der Waals surface area contributed by atoms with Gasteiger partial charge in [-0.15, -0.1) is 0 Å². The Balaban J connectivity index is 2.69. The molecular weight excluding hydrogens is 179 g/mol. The number of fused-ring (bicyclic) bond motifs is 1. The standard InChI is InChI=1S/C9H7BN2O2/c11-4-6-5-12-9-2-1-7(10(13)14)3-8(6)9/h1-3,5,12-14H. The van der Waals surface area contributed by atoms with E-state index in [1.165, 1.54) is 0 Å². The number of aromatic amines is 1. The Bertz CT molecular complexity index is 513. The van der Waals surface area contributed by atoms with Gasteiger partial charge < -0.3 is 15.0 Å². The van der Waals surface area contributed by atoms with Crippen molar-refractivity contribution in [3.8, 4) is 6.07 Å². The summed E-state index contributed by atoms with van der Waals surface area (Å²) in [6, 6.07) is 6.93. The fourth-order valence-electron chi connectivity index (χ4n) is 1.39. The molecule has 0 aliphatic rings. The van der Waals surface area contributed by atoms with Gasteiger partial charge >= 0.3 is 7.12 Å². The Morgan fingerprint density at radius 3 is 2.79 bits per heavy atom. The SMILES string of the molecule is N#Cc1c[nH]c2ccc(B(O)O)cc12. The van der Waals surface area contributed by atoms with E-state index < -0.39 is 7.12 Å². The summed E-state index contributed by atoms with van der Waals surface area (Å²) in [7, 11) is -1.50. The molecule has 1 aromatic heterocycles. The van der Waals surface area contributed by atoms with Gasteiger partial charge in [0.25, 0.3) is 0 Å². The molecule has 0 radical (unpaired) electrons. The highest BCUT2D eigenvalue weighted by Crippen LogP contribution is 2.15. The number of hydrogen-bond acceptors (Lipinski definition) is 3. The minimum Gasteiger partial charge on any atom is -0.423 e. The number of nitrogens with one attached hydrogen (secondary N) is 1. The zero-order valence-electron chi connectivity index (χ0n) is 7.23. The fraction of sp³-hybridized carbons (Fsp3) is 0. The summed E-state index contributed by atoms with van der Waals surface area (Å²) < 4.78 is 0. The van der Waals surface area contributed by atoms with Crippen molar-refractivity contribution in [2.24, 2.45) is 0 Å². The number of rotatable bonds is 1. The highest BCUT2D eigenvalue weighted by Gasteiger charge is 2.12. The Kier molecular flexibility index (Phi) is 2.00. The van der Waals surface area contributed by atoms with Gasteiger partial charge in [0.2, 0.25) is 0 Å². The van der Waals surface area contributed by atoms with Crippen molar-refractivity contribution in [3.63, 3.8) is 0 Å². The van der Waals surface area contributed by atoms with Crippen LogP contribution in [0.25, 0.3) is 10.9 Å². The fourth-order valence-corrected chi connectivity index (χ4v) is 1.39. The number of aromatic nitrogens is 1. The van der Waals surface area contributed by atoms with E-state index >= 15 is 0 Å². The van der Waals surface area contributed by atoms with Crippen molar-refractivity contribution >= 4 is 23.5 Å². The molecule has 2 aromatic rings. The molecule has 0 aliphatic heterocycles. The van der Waals surface area contributed by atoms with Crippen LogP contribution in [0, 0.1) is 11.3 Å². The molecule has 0 saturated heterocycles. The van der Waals surface area contributed by atoms with Crippen LogP contribution in [0.15, 0.2) is 24.4 Å². The molecule has 1 aromatic carbocycles. The van der Waals surface area contributed by atoms with Crippen LogP contribution in [0.2, 0.25) is 0 Å². The highest BCUT2D eigenvalue weighted by molar-refractivity contribution is 6.58. The number of H-pyrrole nitrogens is 1. The summed E-state index contributed by atoms with van der Waals surface area (Å²) in [5, 5.41) is 27.4. The number of hydrogen-bond donors (Lipinski definition) is 3. The van der Waals surface area contributed by atoms with Crippen LogP contribution in [0.1, 0.15) is 5.56 Å². The highest BCUT2D eigenvalue weighted by atomic mass is 16.4. The van der Waals surface area contributed by atoms with Gasteiger partial charge in [-0.1, -0.05) is 12.1 Å². The molecule has 14 heavy (non-hydrogen) atoms. The maximum atomic E-state index is 8.95. The second-order valence-electron chi connectivity index (χ2n) is 2.99. The average molecular weight is 186 g/mol. The van der Waals surface area contributed by atoms with Gasteiger partial charge in [0.1, 0.15) is 6.07 Å². The van der Waals surface area contributed by atoms with Gasteiger partial charge in [0.15, 0.2) is 0 Å². The minimum atomic E-state index is -1.50. The van der Waals surface area contributed by atoms with E-state index in [2.05, 4.69) is 4.98 Å². The van der Waals surface area contributed by atoms with E-state index in [9.17, 15) is 0 Å². The van der Waals surface area contributed by atoms with Crippen LogP contribution in [-0.4, -0.2) is 22.2 Å². The van der Waals surface area contributed by atoms with Crippen LogP contribution < -0.4 is 5.46 Å². The summed E-state index contributed by atoms with van der Waals surface area (Å²) in [4.78, 5) is 2.92. The maximum Gasteiger partial charge on any atom is 0.488 e. The summed E-state index contributed by atoms with van der Waals surface area (Å²) in [6.45, 7) is 0. The lowest BCUT2D eigenvalue weighted by molar-refractivity contribution is 0.426. The van der Waals surface area contributed by atoms with Crippen molar-refractivity contribution in [3.05, 3.63) is 30.0 Å². The third kappa shape index (κ3) is 1.27. The lowest BCUT2D eigenvalue weighted by atomic mass is 9.80. The van der Waals surface area contributed by atoms with E-state index in [-0.39, 0.29) is 0 Å². The van der Waals surface area contributed by atoms with Gasteiger partial charge in [-0.2, -0.15) is 5.26 Å². The van der Waals surface area contributed by atoms with Gasteiger partial charge in [0, 0.05) is 17.1 Å². The monoisotopic (exact) mass is 186 g/mol. The van der Waals surface area contributed by atoms with Crippen molar-refractivity contribution in [1.82, 2.24) is 4.98 Å². The molecule has 3 N–H and O–H groups in total. The number of nitriles is 1. The molecule has 0 fully saturated rings. The summed E-state index contributed by atoms with van der Waals surface area (Å²) in [5.41, 5.74) is 1.70. The lowest BCUT2D eigenvalue weighted by Crippen LogP contribution is -2.29. The van der Waals surface area contributed by atoms with Crippen molar-refractivity contribution in [1.29, 1.82) is 5.26 Å². The zero-order chi connectivity index (χ0) is 10.1. The first-order valence-corrected chi connectivity index (χ1v) is 4.09. The molecule has 0 amide bonds. The second kappa shape index (κ2) is 3.18. The smallest absolute Gasteiger partial charge is 0.423 e. The van der Waals surface area contributed by atoms with Crippen LogP contribution in [0.5, 0.6) is 0 Å². The normalized spacial score (nSPS) is 10.1. The van der Waals surface area contributed by atoms with Gasteiger partial charge in [-0.3, -0.25) is 0 Å². The minimum absolute atomic E-state index is 0.383. The molecule has 5 heteroatoms. The first kappa shape index (κ1) is 8.82. The van der Waals surface area contributed by atoms with Crippen LogP contribution in [0.4, 0.5) is 0 Å². The van der Waals surface area contributed by atoms with E-state index in [1.807, 2.05) is 6.07 Å². The van der Waals surface area contributed by atoms with Gasteiger partial charge in [-0.25, -0.2) is 0 Å². The average Bonchev–Trinajstić information content (AvgIpc) is 2.59. The van der Waals surface area contributed by atoms with E-state index in [0.29, 0.717) is 16.4 Å². The first-order valence-electron chi connectivity index (χ1n) is 4.09. The van der Waals surface area contributed by atoms with E-state index in [4.69, 9.17) is 15.3 Å². The Labute approximate surface area is 80.6 Å². The van der Waals surface area contributed by atoms with Gasteiger partial charge in [0.05, 0.1) is 5.56 Å². The van der Waals surface area contributed by atoms with Crippen LogP contribution in [0.3, 0.4) is 0 Å². The molecule has 0 unspecified atom stereocenters. The topological polar surface area (TPSA) is 80.0 Å². The predicted molar refractivity (Wildman–Crippen MR) is 52.8 cm³/mol. The zero-order valence-corrected chi connectivity index (χ0v) is 7.23. The molecule has 68 valence electrons. The number of nitrogens with zero attached hydrogens (tertiary/aromatic N) is 1. The third-order valence-corrected chi connectivity index (χ3v) is 2.12. The van der Waals surface area contributed by atoms with Crippen molar-refractivity contribution in [2.75, 3.05) is 0 Å². The van der Waals surface area contributed by atoms with Crippen LogP contribution in [-0.2, 0) is 0 Å². The molecule has 0 bridgehead atoms. The second-order valence-corrected chi connectivity index (χ2v) is 2.99. The summed E-state index contributed by atoms with van der Waals surface area (Å²) in [6.07, 6.45) is 1.60. The Hall–Kier alpha value is -1.77. The molecule has 0 atom stereocenters. The number of benzene rings is 1. The Morgan fingerprint density at radius 2 is 2.14 bits per heavy atom. The molecule has 2 rings (SSSR count). The molecule has 0 saturated carbocycles. The molecular formula is C9H7BN2O2. The summed E-state index contributed by atoms with van der Waals surface area (Å²) in [5.74, 6) is 0. The van der Waals surface area contributed by atoms with Gasteiger partial charge in [-0.05, 0) is 11.5 Å². The van der Waals surface area contributed by atoms with E-state index in [1.54, 1.807) is 24.4 Å². The largest absolute Gasteiger partial charge is 0.488 e. The predicted octanol–water partition coefficient (Wildman–Crippen LogP) is -0.281. The maximum absolute atomic E-state index is 8.95. The lowest BCUT2D eigenvalue weighted by Gasteiger charge is -1.98. The van der Waals surface area contributed by atoms with Crippen LogP contribution >= 0.6 is 0 Å².